The van der Waals surface area contributed by atoms with Crippen LogP contribution in [0.4, 0.5) is 5.95 Å². The average Bonchev–Trinajstić information content (AvgIpc) is 2.74. The van der Waals surface area contributed by atoms with Crippen molar-refractivity contribution in [3.05, 3.63) is 64.7 Å². The van der Waals surface area contributed by atoms with Gasteiger partial charge < -0.3 is 10.1 Å². The Bertz CT molecular complexity index is 1300. The Morgan fingerprint density at radius 1 is 1.03 bits per heavy atom. The quantitative estimate of drug-likeness (QED) is 0.586. The van der Waals surface area contributed by atoms with Crippen molar-refractivity contribution in [2.24, 2.45) is 0 Å². The number of benzene rings is 2. The second-order valence-corrected chi connectivity index (χ2v) is 9.55. The molecular weight excluding hydrogens is 428 g/mol. The fourth-order valence-corrected chi connectivity index (χ4v) is 4.63. The van der Waals surface area contributed by atoms with E-state index in [2.05, 4.69) is 20.0 Å². The lowest BCUT2D eigenvalue weighted by atomic mass is 9.97. The molecule has 1 aliphatic rings. The van der Waals surface area contributed by atoms with Crippen molar-refractivity contribution in [1.29, 1.82) is 0 Å². The number of nitrogens with one attached hydrogen (secondary N) is 2. The highest BCUT2D eigenvalue weighted by molar-refractivity contribution is 7.92. The molecule has 4 rings (SSSR count). The maximum atomic E-state index is 13.0. The third-order valence-electron chi connectivity index (χ3n) is 5.31. The van der Waals surface area contributed by atoms with Gasteiger partial charge in [0.2, 0.25) is 11.8 Å². The van der Waals surface area contributed by atoms with Gasteiger partial charge >= 0.3 is 0 Å². The van der Waals surface area contributed by atoms with Crippen LogP contribution in [0.15, 0.2) is 47.4 Å². The third kappa shape index (κ3) is 4.16. The first kappa shape index (κ1) is 21.8. The summed E-state index contributed by atoms with van der Waals surface area (Å²) in [6.45, 7) is 7.81. The fraction of sp³-hybridized carbons (Fsp3) is 0.261. The van der Waals surface area contributed by atoms with Crippen LogP contribution in [0.5, 0.6) is 5.88 Å². The Hall–Kier alpha value is -3.46. The molecule has 3 aromatic rings. The van der Waals surface area contributed by atoms with Gasteiger partial charge in [0.1, 0.15) is 6.10 Å². The molecule has 0 unspecified atom stereocenters. The van der Waals surface area contributed by atoms with Crippen molar-refractivity contribution < 1.29 is 17.9 Å². The van der Waals surface area contributed by atoms with Crippen molar-refractivity contribution in [1.82, 2.24) is 15.3 Å². The highest BCUT2D eigenvalue weighted by atomic mass is 32.2. The molecule has 1 atom stereocenters. The van der Waals surface area contributed by atoms with E-state index in [1.807, 2.05) is 39.0 Å². The second kappa shape index (κ2) is 8.23. The van der Waals surface area contributed by atoms with Crippen LogP contribution in [0.2, 0.25) is 0 Å². The van der Waals surface area contributed by atoms with Crippen molar-refractivity contribution in [2.45, 2.75) is 38.7 Å². The van der Waals surface area contributed by atoms with E-state index in [1.165, 1.54) is 18.2 Å². The molecule has 1 aromatic heterocycles. The van der Waals surface area contributed by atoms with Crippen molar-refractivity contribution in [2.75, 3.05) is 11.3 Å². The normalized spacial score (nSPS) is 17.6. The van der Waals surface area contributed by atoms with Crippen LogP contribution >= 0.6 is 0 Å². The second-order valence-electron chi connectivity index (χ2n) is 7.86. The van der Waals surface area contributed by atoms with E-state index >= 15 is 0 Å². The van der Waals surface area contributed by atoms with E-state index in [4.69, 9.17) is 4.74 Å². The van der Waals surface area contributed by atoms with E-state index in [1.54, 1.807) is 13.0 Å². The minimum Gasteiger partial charge on any atom is -0.472 e. The number of nitrogens with zero attached hydrogens (tertiary/aromatic N) is 2. The summed E-state index contributed by atoms with van der Waals surface area (Å²) in [5, 5.41) is 2.78. The molecule has 2 aromatic carbocycles. The van der Waals surface area contributed by atoms with E-state index in [0.29, 0.717) is 11.3 Å². The number of carbonyl (C=O) groups excluding carboxylic acids is 1. The Kier molecular flexibility index (Phi) is 5.60. The smallest absolute Gasteiger partial charge is 0.264 e. The molecule has 0 spiro atoms. The van der Waals surface area contributed by atoms with E-state index in [-0.39, 0.29) is 34.7 Å². The summed E-state index contributed by atoms with van der Waals surface area (Å²) in [4.78, 5) is 21.3. The largest absolute Gasteiger partial charge is 0.472 e. The molecule has 1 amide bonds. The Labute approximate surface area is 187 Å². The molecule has 9 heteroatoms. The van der Waals surface area contributed by atoms with Crippen LogP contribution in [-0.4, -0.2) is 36.9 Å². The first-order valence-corrected chi connectivity index (χ1v) is 11.7. The number of amides is 1. The van der Waals surface area contributed by atoms with Gasteiger partial charge in [0.25, 0.3) is 15.9 Å². The van der Waals surface area contributed by atoms with Gasteiger partial charge in [0.15, 0.2) is 0 Å². The number of hydrogen-bond donors (Lipinski definition) is 2. The number of carbonyl (C=O) groups is 1. The maximum absolute atomic E-state index is 13.0. The molecule has 0 saturated carbocycles. The lowest BCUT2D eigenvalue weighted by Gasteiger charge is -2.19. The SMILES string of the molecule is Cc1cccc(C)c1-c1nc2nc(c1C)O[C@H](C)CNC(=O)c1cccc(c1)S(=O)(=O)N2. The zero-order chi connectivity index (χ0) is 23.0. The lowest BCUT2D eigenvalue weighted by molar-refractivity contribution is 0.0930. The summed E-state index contributed by atoms with van der Waals surface area (Å²) in [6.07, 6.45) is -0.410. The van der Waals surface area contributed by atoms with Gasteiger partial charge in [-0.1, -0.05) is 24.3 Å². The number of hydrogen-bond acceptors (Lipinski definition) is 6. The predicted octanol–water partition coefficient (Wildman–Crippen LogP) is 3.38. The standard InChI is InChI=1S/C23H24N4O4S/c1-13-7-5-8-14(2)19(13)20-16(4)22-26-23(25-20)27-32(29,30)18-10-6-9-17(11-18)21(28)24-12-15(3)31-22/h5-11,15H,12H2,1-4H3,(H,24,28)(H,25,26,27)/t15-/m1/s1. The van der Waals surface area contributed by atoms with Gasteiger partial charge in [-0.3, -0.25) is 4.79 Å². The summed E-state index contributed by atoms with van der Waals surface area (Å²) in [7, 11) is -4.04. The lowest BCUT2D eigenvalue weighted by Crippen LogP contribution is -2.33. The molecule has 166 valence electrons. The number of ether oxygens (including phenoxy) is 1. The molecule has 0 aliphatic carbocycles. The van der Waals surface area contributed by atoms with Crippen LogP contribution in [0, 0.1) is 20.8 Å². The summed E-state index contributed by atoms with van der Waals surface area (Å²) in [5.41, 5.74) is 4.39. The first-order chi connectivity index (χ1) is 15.2. The number of rotatable bonds is 1. The third-order valence-corrected chi connectivity index (χ3v) is 6.64. The molecule has 32 heavy (non-hydrogen) atoms. The van der Waals surface area contributed by atoms with Gasteiger partial charge in [0, 0.05) is 16.7 Å². The van der Waals surface area contributed by atoms with Crippen LogP contribution in [0.1, 0.15) is 34.0 Å². The van der Waals surface area contributed by atoms with E-state index < -0.39 is 16.1 Å². The molecule has 0 fully saturated rings. The summed E-state index contributed by atoms with van der Waals surface area (Å²) in [5.74, 6) is -0.232. The average molecular weight is 453 g/mol. The van der Waals surface area contributed by atoms with Gasteiger partial charge in [-0.2, -0.15) is 4.98 Å². The molecule has 2 heterocycles. The molecule has 0 saturated heterocycles. The Morgan fingerprint density at radius 3 is 2.44 bits per heavy atom. The van der Waals surface area contributed by atoms with Gasteiger partial charge in [0.05, 0.1) is 17.1 Å². The zero-order valence-corrected chi connectivity index (χ0v) is 19.1. The van der Waals surface area contributed by atoms with Crippen LogP contribution in [0.25, 0.3) is 11.3 Å². The van der Waals surface area contributed by atoms with E-state index in [0.717, 1.165) is 16.7 Å². The number of aryl methyl sites for hydroxylation is 2. The highest BCUT2D eigenvalue weighted by Crippen LogP contribution is 2.33. The highest BCUT2D eigenvalue weighted by Gasteiger charge is 2.23. The number of anilines is 1. The fourth-order valence-electron chi connectivity index (χ4n) is 3.64. The van der Waals surface area contributed by atoms with Gasteiger partial charge in [-0.15, -0.1) is 0 Å². The van der Waals surface area contributed by atoms with E-state index in [9.17, 15) is 13.2 Å². The van der Waals surface area contributed by atoms with Crippen LogP contribution in [-0.2, 0) is 10.0 Å². The zero-order valence-electron chi connectivity index (χ0n) is 18.3. The molecular formula is C23H24N4O4S. The number of sulfonamides is 1. The molecule has 8 nitrogen and oxygen atoms in total. The van der Waals surface area contributed by atoms with Crippen molar-refractivity contribution in [3.8, 4) is 17.1 Å². The van der Waals surface area contributed by atoms with Crippen molar-refractivity contribution in [3.63, 3.8) is 0 Å². The van der Waals surface area contributed by atoms with Gasteiger partial charge in [-0.25, -0.2) is 18.1 Å². The summed E-state index contributed by atoms with van der Waals surface area (Å²) < 4.78 is 34.6. The molecule has 2 N–H and O–H groups in total. The summed E-state index contributed by atoms with van der Waals surface area (Å²) in [6, 6.07) is 11.7. The first-order valence-electron chi connectivity index (χ1n) is 10.2. The Balaban J connectivity index is 1.92. The molecule has 4 bridgehead atoms. The van der Waals surface area contributed by atoms with Crippen molar-refractivity contribution >= 4 is 21.9 Å². The van der Waals surface area contributed by atoms with Crippen LogP contribution in [0.3, 0.4) is 0 Å². The van der Waals surface area contributed by atoms with Crippen LogP contribution < -0.4 is 14.8 Å². The topological polar surface area (TPSA) is 110 Å². The molecule has 1 aliphatic heterocycles. The maximum Gasteiger partial charge on any atom is 0.264 e. The minimum atomic E-state index is -4.04. The van der Waals surface area contributed by atoms with Gasteiger partial charge in [-0.05, 0) is 57.0 Å². The Morgan fingerprint density at radius 2 is 1.72 bits per heavy atom. The predicted molar refractivity (Wildman–Crippen MR) is 121 cm³/mol. The summed E-state index contributed by atoms with van der Waals surface area (Å²) >= 11 is 0. The molecule has 0 radical (unpaired) electrons. The number of aromatic nitrogens is 2. The monoisotopic (exact) mass is 452 g/mol. The minimum absolute atomic E-state index is 0.0577. The number of fused-ring (bicyclic) bond motifs is 4.